The van der Waals surface area contributed by atoms with Crippen LogP contribution >= 0.6 is 11.6 Å². The molecule has 1 heterocycles. The fraction of sp³-hybridized carbons (Fsp3) is 0.269. The van der Waals surface area contributed by atoms with E-state index < -0.39 is 24.4 Å². The first kappa shape index (κ1) is 24.6. The number of carbonyl (C=O) groups excluding carboxylic acids is 3. The van der Waals surface area contributed by atoms with E-state index in [1.165, 1.54) is 12.1 Å². The number of rotatable bonds is 8. The van der Waals surface area contributed by atoms with Crippen molar-refractivity contribution in [3.8, 4) is 5.75 Å². The number of fused-ring (bicyclic) bond motifs is 2. The number of amides is 2. The summed E-state index contributed by atoms with van der Waals surface area (Å²) in [5, 5.41) is 0.954. The van der Waals surface area contributed by atoms with Crippen LogP contribution in [0.25, 0.3) is 10.8 Å². The number of ether oxygens (including phenoxy) is 2. The molecule has 0 saturated carbocycles. The van der Waals surface area contributed by atoms with Crippen LogP contribution in [-0.4, -0.2) is 31.0 Å². The minimum absolute atomic E-state index is 0.0334. The Morgan fingerprint density at radius 2 is 1.71 bits per heavy atom. The smallest absolute Gasteiger partial charge is 0.387 e. The number of carbonyl (C=O) groups is 3. The molecule has 4 rings (SSSR count). The van der Waals surface area contributed by atoms with Gasteiger partial charge >= 0.3 is 12.6 Å². The molecule has 6 nitrogen and oxygen atoms in total. The third kappa shape index (κ3) is 4.46. The predicted molar refractivity (Wildman–Crippen MR) is 128 cm³/mol. The lowest BCUT2D eigenvalue weighted by Crippen LogP contribution is -2.30. The van der Waals surface area contributed by atoms with Gasteiger partial charge in [-0.1, -0.05) is 55.3 Å². The molecule has 0 fully saturated rings. The molecule has 9 heteroatoms. The Balaban J connectivity index is 1.86. The molecule has 0 saturated heterocycles. The van der Waals surface area contributed by atoms with Gasteiger partial charge < -0.3 is 9.47 Å². The molecule has 1 aliphatic heterocycles. The lowest BCUT2D eigenvalue weighted by molar-refractivity contribution is -0.142. The van der Waals surface area contributed by atoms with E-state index in [-0.39, 0.29) is 40.6 Å². The van der Waals surface area contributed by atoms with Crippen molar-refractivity contribution in [2.45, 2.75) is 39.7 Å². The molecule has 35 heavy (non-hydrogen) atoms. The first-order valence-corrected chi connectivity index (χ1v) is 11.5. The summed E-state index contributed by atoms with van der Waals surface area (Å²) in [5.41, 5.74) is 1.05. The van der Waals surface area contributed by atoms with Gasteiger partial charge in [0.25, 0.3) is 11.8 Å². The van der Waals surface area contributed by atoms with Gasteiger partial charge in [0.15, 0.2) is 0 Å². The maximum atomic E-state index is 13.6. The quantitative estimate of drug-likeness (QED) is 0.281. The highest BCUT2D eigenvalue weighted by Gasteiger charge is 2.43. The molecule has 3 aromatic rings. The third-order valence-corrected chi connectivity index (χ3v) is 6.03. The number of aryl methyl sites for hydroxylation is 1. The largest absolute Gasteiger partial charge is 0.466 e. The Morgan fingerprint density at radius 3 is 2.34 bits per heavy atom. The fourth-order valence-electron chi connectivity index (χ4n) is 4.39. The van der Waals surface area contributed by atoms with E-state index >= 15 is 0 Å². The number of hydrogen-bond acceptors (Lipinski definition) is 5. The minimum Gasteiger partial charge on any atom is -0.466 e. The van der Waals surface area contributed by atoms with E-state index in [9.17, 15) is 23.2 Å². The summed E-state index contributed by atoms with van der Waals surface area (Å²) in [6.07, 6.45) is 1.08. The molecule has 2 amide bonds. The van der Waals surface area contributed by atoms with Crippen LogP contribution in [0, 0.1) is 0 Å². The Labute approximate surface area is 205 Å². The highest BCUT2D eigenvalue weighted by atomic mass is 35.5. The summed E-state index contributed by atoms with van der Waals surface area (Å²) >= 11 is 6.42. The number of anilines is 1. The molecule has 0 radical (unpaired) electrons. The van der Waals surface area contributed by atoms with Crippen LogP contribution in [-0.2, 0) is 22.4 Å². The molecule has 0 aromatic heterocycles. The standard InChI is InChI=1S/C26H22ClF2NO5/c1-3-7-16-15-8-5-6-9-17(15)23(35-26(28)29)22-21(16)24(32)30(25(22)33)19-11-10-14(12-18(19)27)13-20(31)34-4-2/h5-6,8-12,26H,3-4,7,13H2,1-2H3. The number of halogens is 3. The van der Waals surface area contributed by atoms with Crippen molar-refractivity contribution < 1.29 is 32.6 Å². The van der Waals surface area contributed by atoms with Crippen LogP contribution < -0.4 is 9.64 Å². The molecule has 0 bridgehead atoms. The second-order valence-electron chi connectivity index (χ2n) is 7.95. The van der Waals surface area contributed by atoms with Crippen molar-refractivity contribution in [2.24, 2.45) is 0 Å². The Kier molecular flexibility index (Phi) is 7.03. The summed E-state index contributed by atoms with van der Waals surface area (Å²) in [5.74, 6) is -2.25. The SMILES string of the molecule is CCCc1c2c(c(OC(F)F)c3ccccc13)C(=O)N(c1ccc(CC(=O)OCC)cc1Cl)C2=O. The van der Waals surface area contributed by atoms with E-state index in [1.54, 1.807) is 37.3 Å². The zero-order valence-corrected chi connectivity index (χ0v) is 19.8. The average molecular weight is 502 g/mol. The van der Waals surface area contributed by atoms with Crippen LogP contribution in [0.15, 0.2) is 42.5 Å². The van der Waals surface area contributed by atoms with Crippen molar-refractivity contribution in [3.05, 3.63) is 69.7 Å². The van der Waals surface area contributed by atoms with Crippen molar-refractivity contribution >= 4 is 45.8 Å². The Bertz CT molecular complexity index is 1340. The van der Waals surface area contributed by atoms with Gasteiger partial charge in [-0.05, 0) is 42.0 Å². The Hall–Kier alpha value is -3.52. The van der Waals surface area contributed by atoms with Crippen LogP contribution in [0.3, 0.4) is 0 Å². The molecule has 182 valence electrons. The Morgan fingerprint density at radius 1 is 1.03 bits per heavy atom. The number of alkyl halides is 2. The summed E-state index contributed by atoms with van der Waals surface area (Å²) in [7, 11) is 0. The fourth-order valence-corrected chi connectivity index (χ4v) is 4.68. The molecule has 1 aliphatic rings. The maximum Gasteiger partial charge on any atom is 0.387 e. The summed E-state index contributed by atoms with van der Waals surface area (Å²) < 4.78 is 36.5. The minimum atomic E-state index is -3.19. The molecule has 0 spiro atoms. The lowest BCUT2D eigenvalue weighted by Gasteiger charge is -2.16. The van der Waals surface area contributed by atoms with E-state index in [0.717, 1.165) is 4.90 Å². The topological polar surface area (TPSA) is 72.9 Å². The molecular weight excluding hydrogens is 480 g/mol. The zero-order valence-electron chi connectivity index (χ0n) is 19.1. The van der Waals surface area contributed by atoms with E-state index in [4.69, 9.17) is 21.1 Å². The molecule has 3 aromatic carbocycles. The molecule has 0 atom stereocenters. The molecule has 0 unspecified atom stereocenters. The average Bonchev–Trinajstić information content (AvgIpc) is 3.06. The molecular formula is C26H22ClF2NO5. The van der Waals surface area contributed by atoms with Crippen LogP contribution in [0.1, 0.15) is 52.1 Å². The van der Waals surface area contributed by atoms with E-state index in [1.807, 2.05) is 6.92 Å². The maximum absolute atomic E-state index is 13.6. The van der Waals surface area contributed by atoms with Gasteiger partial charge in [0.1, 0.15) is 5.75 Å². The first-order chi connectivity index (χ1) is 16.8. The van der Waals surface area contributed by atoms with Gasteiger partial charge in [0.2, 0.25) is 0 Å². The summed E-state index contributed by atoms with van der Waals surface area (Å²) in [4.78, 5) is 39.8. The lowest BCUT2D eigenvalue weighted by atomic mass is 9.91. The van der Waals surface area contributed by atoms with Crippen molar-refractivity contribution in [1.82, 2.24) is 0 Å². The first-order valence-electron chi connectivity index (χ1n) is 11.1. The van der Waals surface area contributed by atoms with Crippen molar-refractivity contribution in [3.63, 3.8) is 0 Å². The van der Waals surface area contributed by atoms with E-state index in [0.29, 0.717) is 34.7 Å². The second-order valence-corrected chi connectivity index (χ2v) is 8.35. The van der Waals surface area contributed by atoms with Gasteiger partial charge in [0, 0.05) is 5.39 Å². The normalized spacial score (nSPS) is 13.0. The summed E-state index contributed by atoms with van der Waals surface area (Å²) in [6, 6.07) is 11.2. The number of nitrogens with zero attached hydrogens (tertiary/aromatic N) is 1. The van der Waals surface area contributed by atoms with Crippen LogP contribution in [0.2, 0.25) is 5.02 Å². The van der Waals surface area contributed by atoms with Crippen molar-refractivity contribution in [1.29, 1.82) is 0 Å². The number of imide groups is 1. The van der Waals surface area contributed by atoms with E-state index in [2.05, 4.69) is 0 Å². The van der Waals surface area contributed by atoms with Gasteiger partial charge in [-0.15, -0.1) is 0 Å². The third-order valence-electron chi connectivity index (χ3n) is 5.72. The van der Waals surface area contributed by atoms with Crippen LogP contribution in [0.4, 0.5) is 14.5 Å². The number of esters is 1. The monoisotopic (exact) mass is 501 g/mol. The van der Waals surface area contributed by atoms with Crippen LogP contribution in [0.5, 0.6) is 5.75 Å². The molecule has 0 N–H and O–H groups in total. The van der Waals surface area contributed by atoms with Crippen molar-refractivity contribution in [2.75, 3.05) is 11.5 Å². The van der Waals surface area contributed by atoms with Gasteiger partial charge in [-0.3, -0.25) is 14.4 Å². The number of benzene rings is 3. The molecule has 0 aliphatic carbocycles. The zero-order chi connectivity index (χ0) is 25.3. The second kappa shape index (κ2) is 10.00. The van der Waals surface area contributed by atoms with Gasteiger partial charge in [-0.25, -0.2) is 4.90 Å². The summed E-state index contributed by atoms with van der Waals surface area (Å²) in [6.45, 7) is 0.653. The highest BCUT2D eigenvalue weighted by Crippen LogP contribution is 2.44. The van der Waals surface area contributed by atoms with Gasteiger partial charge in [0.05, 0.1) is 34.9 Å². The number of hydrogen-bond donors (Lipinski definition) is 0. The highest BCUT2D eigenvalue weighted by molar-refractivity contribution is 6.41. The van der Waals surface area contributed by atoms with Gasteiger partial charge in [-0.2, -0.15) is 8.78 Å². The predicted octanol–water partition coefficient (Wildman–Crippen LogP) is 5.95.